The normalized spacial score (nSPS) is 34.0. The number of fused-ring (bicyclic) bond motifs is 2. The van der Waals surface area contributed by atoms with Crippen molar-refractivity contribution in [2.75, 3.05) is 14.2 Å². The largest absolute Gasteiger partial charge is 0.493 e. The highest BCUT2D eigenvalue weighted by molar-refractivity contribution is 5.40. The molecule has 2 fully saturated rings. The van der Waals surface area contributed by atoms with Crippen molar-refractivity contribution in [1.82, 2.24) is 4.90 Å². The topological polar surface area (TPSA) is 32.7 Å². The summed E-state index contributed by atoms with van der Waals surface area (Å²) in [7, 11) is 3.60. The van der Waals surface area contributed by atoms with Gasteiger partial charge in [0, 0.05) is 17.6 Å². The maximum Gasteiger partial charge on any atom is 0.165 e. The number of nitrogens with zero attached hydrogens (tertiary/aromatic N) is 1. The molecular formula is C16H22FNO2. The van der Waals surface area contributed by atoms with Crippen molar-refractivity contribution in [3.63, 3.8) is 0 Å². The molecule has 20 heavy (non-hydrogen) atoms. The lowest BCUT2D eigenvalue weighted by molar-refractivity contribution is -0.0885. The van der Waals surface area contributed by atoms with Crippen LogP contribution in [0.5, 0.6) is 5.75 Å². The number of rotatable bonds is 2. The number of ether oxygens (including phenoxy) is 1. The van der Waals surface area contributed by atoms with Crippen LogP contribution in [0, 0.1) is 5.82 Å². The second kappa shape index (κ2) is 5.01. The van der Waals surface area contributed by atoms with E-state index in [2.05, 4.69) is 11.9 Å². The van der Waals surface area contributed by atoms with Gasteiger partial charge in [0.25, 0.3) is 0 Å². The van der Waals surface area contributed by atoms with Gasteiger partial charge in [-0.3, -0.25) is 0 Å². The van der Waals surface area contributed by atoms with Crippen molar-refractivity contribution in [1.29, 1.82) is 0 Å². The van der Waals surface area contributed by atoms with Gasteiger partial charge < -0.3 is 14.7 Å². The number of aliphatic hydroxyl groups is 1. The Morgan fingerprint density at radius 3 is 2.55 bits per heavy atom. The van der Waals surface area contributed by atoms with E-state index in [1.807, 2.05) is 0 Å². The summed E-state index contributed by atoms with van der Waals surface area (Å²) in [5.74, 6) is -0.208. The van der Waals surface area contributed by atoms with E-state index in [1.165, 1.54) is 19.6 Å². The van der Waals surface area contributed by atoms with Gasteiger partial charge in [-0.1, -0.05) is 18.6 Å². The molecule has 2 aliphatic heterocycles. The zero-order chi connectivity index (χ0) is 14.3. The van der Waals surface area contributed by atoms with Crippen LogP contribution in [-0.2, 0) is 5.60 Å². The minimum absolute atomic E-state index is 0.192. The molecule has 1 aromatic rings. The smallest absolute Gasteiger partial charge is 0.165 e. The summed E-state index contributed by atoms with van der Waals surface area (Å²) in [5, 5.41) is 11.1. The van der Waals surface area contributed by atoms with Gasteiger partial charge in [0.2, 0.25) is 0 Å². The van der Waals surface area contributed by atoms with Crippen LogP contribution in [0.3, 0.4) is 0 Å². The highest BCUT2D eigenvalue weighted by Crippen LogP contribution is 2.46. The van der Waals surface area contributed by atoms with Gasteiger partial charge in [-0.05, 0) is 38.8 Å². The summed E-state index contributed by atoms with van der Waals surface area (Å²) in [6.45, 7) is 0. The third-order valence-electron chi connectivity index (χ3n) is 5.05. The van der Waals surface area contributed by atoms with E-state index in [-0.39, 0.29) is 5.75 Å². The van der Waals surface area contributed by atoms with Crippen LogP contribution in [0.25, 0.3) is 0 Å². The van der Waals surface area contributed by atoms with Crippen LogP contribution in [0.1, 0.15) is 37.7 Å². The summed E-state index contributed by atoms with van der Waals surface area (Å²) < 4.78 is 19.1. The molecule has 1 aromatic carbocycles. The highest BCUT2D eigenvalue weighted by Gasteiger charge is 2.46. The molecule has 2 atom stereocenters. The fourth-order valence-corrected chi connectivity index (χ4v) is 3.95. The predicted molar refractivity (Wildman–Crippen MR) is 75.3 cm³/mol. The Balaban J connectivity index is 1.99. The second-order valence-corrected chi connectivity index (χ2v) is 6.16. The van der Waals surface area contributed by atoms with Crippen molar-refractivity contribution in [3.8, 4) is 5.75 Å². The maximum atomic E-state index is 13.9. The van der Waals surface area contributed by atoms with Gasteiger partial charge in [-0.2, -0.15) is 0 Å². The fourth-order valence-electron chi connectivity index (χ4n) is 3.95. The Bertz CT molecular complexity index is 491. The number of hydrogen-bond acceptors (Lipinski definition) is 3. The standard InChI is InChI=1S/C16H22FNO2/c1-18-11-5-3-6-12(18)10-16(19,9-11)13-7-4-8-14(17)15(13)20-2/h4,7-8,11-12,19H,3,5-6,9-10H2,1-2H3. The number of hydrogen-bond donors (Lipinski definition) is 1. The Morgan fingerprint density at radius 2 is 1.95 bits per heavy atom. The lowest BCUT2D eigenvalue weighted by Crippen LogP contribution is -2.55. The van der Waals surface area contributed by atoms with Crippen LogP contribution < -0.4 is 4.74 Å². The van der Waals surface area contributed by atoms with E-state index < -0.39 is 11.4 Å². The summed E-state index contributed by atoms with van der Waals surface area (Å²) in [6, 6.07) is 5.57. The van der Waals surface area contributed by atoms with Crippen molar-refractivity contribution < 1.29 is 14.2 Å². The number of benzene rings is 1. The van der Waals surface area contributed by atoms with Crippen LogP contribution >= 0.6 is 0 Å². The van der Waals surface area contributed by atoms with Gasteiger partial charge in [0.05, 0.1) is 12.7 Å². The van der Waals surface area contributed by atoms with Gasteiger partial charge in [0.1, 0.15) is 0 Å². The Hall–Kier alpha value is -1.13. The van der Waals surface area contributed by atoms with E-state index in [1.54, 1.807) is 12.1 Å². The van der Waals surface area contributed by atoms with Crippen LogP contribution in [0.2, 0.25) is 0 Å². The summed E-state index contributed by atoms with van der Waals surface area (Å²) >= 11 is 0. The Kier molecular flexibility index (Phi) is 3.46. The van der Waals surface area contributed by atoms with Crippen LogP contribution in [0.4, 0.5) is 4.39 Å². The number of methoxy groups -OCH3 is 1. The number of halogens is 1. The number of para-hydroxylation sites is 1. The first-order chi connectivity index (χ1) is 9.55. The molecule has 0 aliphatic carbocycles. The first-order valence-electron chi connectivity index (χ1n) is 7.32. The van der Waals surface area contributed by atoms with Crippen LogP contribution in [-0.4, -0.2) is 36.2 Å². The molecule has 110 valence electrons. The SMILES string of the molecule is COc1c(F)cccc1C1(O)CC2CCCC(C1)N2C. The maximum absolute atomic E-state index is 13.9. The molecule has 2 unspecified atom stereocenters. The predicted octanol–water partition coefficient (Wildman–Crippen LogP) is 2.67. The molecular weight excluding hydrogens is 257 g/mol. The first-order valence-corrected chi connectivity index (χ1v) is 7.32. The molecule has 3 rings (SSSR count). The lowest BCUT2D eigenvalue weighted by atomic mass is 9.72. The van der Waals surface area contributed by atoms with Gasteiger partial charge >= 0.3 is 0 Å². The van der Waals surface area contributed by atoms with E-state index in [9.17, 15) is 9.50 Å². The highest BCUT2D eigenvalue weighted by atomic mass is 19.1. The minimum atomic E-state index is -0.976. The third kappa shape index (κ3) is 2.11. The molecule has 0 saturated carbocycles. The zero-order valence-electron chi connectivity index (χ0n) is 12.1. The molecule has 2 heterocycles. The summed E-state index contributed by atoms with van der Waals surface area (Å²) in [6.07, 6.45) is 4.73. The van der Waals surface area contributed by atoms with Gasteiger partial charge in [-0.15, -0.1) is 0 Å². The average molecular weight is 279 g/mol. The second-order valence-electron chi connectivity index (χ2n) is 6.16. The van der Waals surface area contributed by atoms with E-state index in [4.69, 9.17) is 4.74 Å². The molecule has 2 saturated heterocycles. The van der Waals surface area contributed by atoms with E-state index >= 15 is 0 Å². The molecule has 2 bridgehead atoms. The molecule has 1 N–H and O–H groups in total. The number of piperidine rings is 2. The lowest BCUT2D eigenvalue weighted by Gasteiger charge is -2.51. The van der Waals surface area contributed by atoms with Gasteiger partial charge in [0.15, 0.2) is 11.6 Å². The molecule has 0 aromatic heterocycles. The first kappa shape index (κ1) is 13.8. The summed E-state index contributed by atoms with van der Waals surface area (Å²) in [5.41, 5.74) is -0.375. The fraction of sp³-hybridized carbons (Fsp3) is 0.625. The molecule has 0 amide bonds. The average Bonchev–Trinajstić information content (AvgIpc) is 2.40. The van der Waals surface area contributed by atoms with Crippen molar-refractivity contribution in [2.24, 2.45) is 0 Å². The Morgan fingerprint density at radius 1 is 1.30 bits per heavy atom. The van der Waals surface area contributed by atoms with Crippen molar-refractivity contribution >= 4 is 0 Å². The van der Waals surface area contributed by atoms with Crippen molar-refractivity contribution in [2.45, 2.75) is 49.8 Å². The monoisotopic (exact) mass is 279 g/mol. The molecule has 3 nitrogen and oxygen atoms in total. The molecule has 4 heteroatoms. The van der Waals surface area contributed by atoms with Crippen LogP contribution in [0.15, 0.2) is 18.2 Å². The van der Waals surface area contributed by atoms with Gasteiger partial charge in [-0.25, -0.2) is 4.39 Å². The Labute approximate surface area is 119 Å². The minimum Gasteiger partial charge on any atom is -0.493 e. The van der Waals surface area contributed by atoms with E-state index in [0.717, 1.165) is 12.8 Å². The molecule has 2 aliphatic rings. The summed E-state index contributed by atoms with van der Waals surface area (Å²) in [4.78, 5) is 2.38. The molecule has 0 radical (unpaired) electrons. The third-order valence-corrected chi connectivity index (χ3v) is 5.05. The van der Waals surface area contributed by atoms with Crippen molar-refractivity contribution in [3.05, 3.63) is 29.6 Å². The van der Waals surface area contributed by atoms with E-state index in [0.29, 0.717) is 30.5 Å². The zero-order valence-corrected chi connectivity index (χ0v) is 12.1. The molecule has 0 spiro atoms. The quantitative estimate of drug-likeness (QED) is 0.903.